The van der Waals surface area contributed by atoms with Crippen LogP contribution in [0.2, 0.25) is 15.1 Å². The van der Waals surface area contributed by atoms with Gasteiger partial charge in [-0.15, -0.1) is 0 Å². The fourth-order valence-corrected chi connectivity index (χ4v) is 2.04. The van der Waals surface area contributed by atoms with Crippen LogP contribution in [0, 0.1) is 10.1 Å². The van der Waals surface area contributed by atoms with E-state index in [0.717, 1.165) is 0 Å². The molecule has 0 bridgehead atoms. The van der Waals surface area contributed by atoms with Crippen molar-refractivity contribution in [3.8, 4) is 0 Å². The Hall–Kier alpha value is -1.76. The van der Waals surface area contributed by atoms with Crippen molar-refractivity contribution in [3.05, 3.63) is 49.4 Å². The summed E-state index contributed by atoms with van der Waals surface area (Å²) in [7, 11) is 0. The van der Waals surface area contributed by atoms with Gasteiger partial charge >= 0.3 is 5.69 Å². The maximum absolute atomic E-state index is 10.6. The number of benzene rings is 1. The lowest BCUT2D eigenvalue weighted by Gasteiger charge is -2.09. The highest BCUT2D eigenvalue weighted by Gasteiger charge is 2.14. The quantitative estimate of drug-likeness (QED) is 0.497. The Morgan fingerprint density at radius 3 is 2.40 bits per heavy atom. The summed E-state index contributed by atoms with van der Waals surface area (Å²) in [6, 6.07) is 5.65. The first-order valence-electron chi connectivity index (χ1n) is 5.21. The highest BCUT2D eigenvalue weighted by atomic mass is 35.5. The number of pyridine rings is 1. The molecule has 0 aliphatic heterocycles. The van der Waals surface area contributed by atoms with Gasteiger partial charge in [0.1, 0.15) is 5.82 Å². The molecule has 0 unspecified atom stereocenters. The summed E-state index contributed by atoms with van der Waals surface area (Å²) < 4.78 is 0. The van der Waals surface area contributed by atoms with Crippen LogP contribution in [-0.2, 0) is 0 Å². The van der Waals surface area contributed by atoms with Crippen LogP contribution in [0.3, 0.4) is 0 Å². The molecule has 0 aliphatic carbocycles. The number of aromatic nitrogens is 1. The maximum atomic E-state index is 10.6. The van der Waals surface area contributed by atoms with E-state index in [0.29, 0.717) is 26.6 Å². The van der Waals surface area contributed by atoms with E-state index in [4.69, 9.17) is 40.5 Å². The lowest BCUT2D eigenvalue weighted by atomic mass is 10.3. The molecule has 0 aliphatic rings. The normalized spacial score (nSPS) is 10.3. The van der Waals surface area contributed by atoms with E-state index in [9.17, 15) is 10.1 Å². The third kappa shape index (κ3) is 3.04. The molecule has 0 amide bonds. The second kappa shape index (κ2) is 5.70. The topological polar surface area (TPSA) is 94.1 Å². The van der Waals surface area contributed by atoms with Gasteiger partial charge in [0.25, 0.3) is 0 Å². The number of hydrogen-bond donors (Lipinski definition) is 2. The van der Waals surface area contributed by atoms with Crippen LogP contribution >= 0.6 is 34.8 Å². The molecule has 2 rings (SSSR count). The first-order valence-corrected chi connectivity index (χ1v) is 6.34. The zero-order valence-electron chi connectivity index (χ0n) is 9.73. The van der Waals surface area contributed by atoms with Gasteiger partial charge in [0, 0.05) is 6.07 Å². The van der Waals surface area contributed by atoms with Gasteiger partial charge in [0.2, 0.25) is 5.82 Å². The molecule has 0 radical (unpaired) electrons. The lowest BCUT2D eigenvalue weighted by molar-refractivity contribution is -0.384. The Bertz CT molecular complexity index is 694. The first-order chi connectivity index (χ1) is 9.38. The molecule has 0 saturated carbocycles. The average Bonchev–Trinajstić information content (AvgIpc) is 2.35. The van der Waals surface area contributed by atoms with Crippen molar-refractivity contribution in [1.29, 1.82) is 0 Å². The molecule has 0 spiro atoms. The van der Waals surface area contributed by atoms with E-state index >= 15 is 0 Å². The first kappa shape index (κ1) is 14.6. The second-order valence-corrected chi connectivity index (χ2v) is 4.95. The lowest BCUT2D eigenvalue weighted by Crippen LogP contribution is -2.01. The molecule has 3 N–H and O–H groups in total. The van der Waals surface area contributed by atoms with E-state index in [1.165, 1.54) is 24.3 Å². The summed E-state index contributed by atoms with van der Waals surface area (Å²) in [5, 5.41) is 14.5. The van der Waals surface area contributed by atoms with Gasteiger partial charge in [-0.1, -0.05) is 34.8 Å². The predicted molar refractivity (Wildman–Crippen MR) is 80.1 cm³/mol. The van der Waals surface area contributed by atoms with E-state index < -0.39 is 4.92 Å². The van der Waals surface area contributed by atoms with Crippen LogP contribution in [0.25, 0.3) is 0 Å². The predicted octanol–water partition coefficient (Wildman–Crippen LogP) is 4.28. The third-order valence-electron chi connectivity index (χ3n) is 2.37. The molecule has 104 valence electrons. The zero-order chi connectivity index (χ0) is 14.9. The van der Waals surface area contributed by atoms with Crippen LogP contribution in [-0.4, -0.2) is 9.91 Å². The van der Waals surface area contributed by atoms with Crippen molar-refractivity contribution in [1.82, 2.24) is 4.98 Å². The van der Waals surface area contributed by atoms with E-state index in [1.54, 1.807) is 0 Å². The standard InChI is InChI=1S/C11H7Cl3N4O2/c12-5-3-7(14)8(4-6(5)13)16-10-2-1-9(18(19)20)11(15)17-10/h1-4H,(H3,15,16,17). The van der Waals surface area contributed by atoms with Gasteiger partial charge in [-0.3, -0.25) is 10.1 Å². The van der Waals surface area contributed by atoms with E-state index in [2.05, 4.69) is 10.3 Å². The highest BCUT2D eigenvalue weighted by molar-refractivity contribution is 6.44. The second-order valence-electron chi connectivity index (χ2n) is 3.73. The third-order valence-corrected chi connectivity index (χ3v) is 3.41. The van der Waals surface area contributed by atoms with Gasteiger partial charge in [0.05, 0.1) is 25.7 Å². The zero-order valence-corrected chi connectivity index (χ0v) is 12.0. The number of rotatable bonds is 3. The molecule has 6 nitrogen and oxygen atoms in total. The molecule has 0 atom stereocenters. The van der Waals surface area contributed by atoms with Crippen molar-refractivity contribution in [2.45, 2.75) is 0 Å². The average molecular weight is 334 g/mol. The Balaban J connectivity index is 2.33. The molecule has 0 saturated heterocycles. The highest BCUT2D eigenvalue weighted by Crippen LogP contribution is 2.34. The number of nitrogens with zero attached hydrogens (tertiary/aromatic N) is 2. The number of nitrogen functional groups attached to an aromatic ring is 1. The van der Waals surface area contributed by atoms with Crippen molar-refractivity contribution in [2.75, 3.05) is 11.1 Å². The maximum Gasteiger partial charge on any atom is 0.311 e. The molecule has 20 heavy (non-hydrogen) atoms. The number of nitro groups is 1. The minimum atomic E-state index is -0.613. The van der Waals surface area contributed by atoms with Crippen LogP contribution in [0.5, 0.6) is 0 Å². The summed E-state index contributed by atoms with van der Waals surface area (Å²) in [5.74, 6) is 0.101. The number of nitrogens with one attached hydrogen (secondary N) is 1. The molecule has 1 heterocycles. The SMILES string of the molecule is Nc1nc(Nc2cc(Cl)c(Cl)cc2Cl)ccc1[N+](=O)[O-]. The molecular formula is C11H7Cl3N4O2. The Kier molecular flexibility index (Phi) is 4.17. The summed E-state index contributed by atoms with van der Waals surface area (Å²) in [6.45, 7) is 0. The number of hydrogen-bond acceptors (Lipinski definition) is 5. The van der Waals surface area contributed by atoms with Gasteiger partial charge in [-0.2, -0.15) is 0 Å². The molecule has 9 heteroatoms. The molecule has 0 fully saturated rings. The van der Waals surface area contributed by atoms with Crippen molar-refractivity contribution in [2.24, 2.45) is 0 Å². The number of nitrogens with two attached hydrogens (primary N) is 1. The van der Waals surface area contributed by atoms with Crippen LogP contribution in [0.15, 0.2) is 24.3 Å². The minimum absolute atomic E-state index is 0.198. The number of halogens is 3. The van der Waals surface area contributed by atoms with Crippen molar-refractivity contribution >= 4 is 57.8 Å². The summed E-state index contributed by atoms with van der Waals surface area (Å²) >= 11 is 17.7. The van der Waals surface area contributed by atoms with Gasteiger partial charge in [-0.25, -0.2) is 4.98 Å². The van der Waals surface area contributed by atoms with E-state index in [-0.39, 0.29) is 11.5 Å². The molecule has 2 aromatic rings. The fraction of sp³-hybridized carbons (Fsp3) is 0. The Labute approximate surface area is 128 Å². The largest absolute Gasteiger partial charge is 0.378 e. The molecule has 1 aromatic carbocycles. The summed E-state index contributed by atoms with van der Waals surface area (Å²) in [6.07, 6.45) is 0. The Morgan fingerprint density at radius 1 is 1.15 bits per heavy atom. The Morgan fingerprint density at radius 2 is 1.80 bits per heavy atom. The van der Waals surface area contributed by atoms with Crippen LogP contribution < -0.4 is 11.1 Å². The summed E-state index contributed by atoms with van der Waals surface area (Å²) in [4.78, 5) is 13.9. The van der Waals surface area contributed by atoms with Gasteiger partial charge in [0.15, 0.2) is 0 Å². The van der Waals surface area contributed by atoms with Crippen molar-refractivity contribution < 1.29 is 4.92 Å². The monoisotopic (exact) mass is 332 g/mol. The van der Waals surface area contributed by atoms with E-state index in [1.807, 2.05) is 0 Å². The van der Waals surface area contributed by atoms with Crippen LogP contribution in [0.4, 0.5) is 23.0 Å². The smallest absolute Gasteiger partial charge is 0.311 e. The van der Waals surface area contributed by atoms with Gasteiger partial charge < -0.3 is 11.1 Å². The fourth-order valence-electron chi connectivity index (χ4n) is 1.45. The molecular weight excluding hydrogens is 327 g/mol. The number of anilines is 3. The summed E-state index contributed by atoms with van der Waals surface area (Å²) in [5.41, 5.74) is 5.69. The van der Waals surface area contributed by atoms with Crippen LogP contribution in [0.1, 0.15) is 0 Å². The van der Waals surface area contributed by atoms with Gasteiger partial charge in [-0.05, 0) is 18.2 Å². The molecule has 1 aromatic heterocycles. The minimum Gasteiger partial charge on any atom is -0.378 e. The van der Waals surface area contributed by atoms with Crippen molar-refractivity contribution in [3.63, 3.8) is 0 Å².